The van der Waals surface area contributed by atoms with Gasteiger partial charge in [0, 0.05) is 31.4 Å². The van der Waals surface area contributed by atoms with Gasteiger partial charge in [0.15, 0.2) is 0 Å². The average Bonchev–Trinajstić information content (AvgIpc) is 2.39. The molecule has 0 saturated carbocycles. The van der Waals surface area contributed by atoms with Crippen molar-refractivity contribution in [1.82, 2.24) is 10.3 Å². The molecule has 0 saturated heterocycles. The van der Waals surface area contributed by atoms with Crippen LogP contribution in [0.1, 0.15) is 27.9 Å². The van der Waals surface area contributed by atoms with E-state index in [1.165, 1.54) is 27.9 Å². The molecule has 0 spiro atoms. The van der Waals surface area contributed by atoms with Gasteiger partial charge in [-0.3, -0.25) is 4.98 Å². The number of benzene rings is 1. The van der Waals surface area contributed by atoms with Gasteiger partial charge in [-0.1, -0.05) is 35.9 Å². The van der Waals surface area contributed by atoms with E-state index in [9.17, 15) is 0 Å². The van der Waals surface area contributed by atoms with Crippen LogP contribution in [0.25, 0.3) is 0 Å². The first-order valence-electron chi connectivity index (χ1n) is 6.54. The maximum atomic E-state index is 4.60. The van der Waals surface area contributed by atoms with E-state index in [1.54, 1.807) is 0 Å². The third kappa shape index (κ3) is 2.44. The van der Waals surface area contributed by atoms with Gasteiger partial charge in [-0.2, -0.15) is 0 Å². The highest BCUT2D eigenvalue weighted by Crippen LogP contribution is 2.16. The first-order chi connectivity index (χ1) is 8.81. The second kappa shape index (κ2) is 4.91. The maximum Gasteiger partial charge on any atom is 0.0461 e. The van der Waals surface area contributed by atoms with E-state index >= 15 is 0 Å². The van der Waals surface area contributed by atoms with Gasteiger partial charge in [-0.25, -0.2) is 0 Å². The Labute approximate surface area is 108 Å². The molecule has 1 aliphatic rings. The Morgan fingerprint density at radius 1 is 1.22 bits per heavy atom. The highest BCUT2D eigenvalue weighted by Gasteiger charge is 2.10. The van der Waals surface area contributed by atoms with Crippen molar-refractivity contribution in [1.29, 1.82) is 0 Å². The van der Waals surface area contributed by atoms with E-state index in [1.807, 2.05) is 6.20 Å². The lowest BCUT2D eigenvalue weighted by molar-refractivity contribution is 0.629. The molecule has 0 bridgehead atoms. The van der Waals surface area contributed by atoms with E-state index in [0.717, 1.165) is 25.9 Å². The fourth-order valence-corrected chi connectivity index (χ4v) is 2.55. The molecule has 2 nitrogen and oxygen atoms in total. The second-order valence-electron chi connectivity index (χ2n) is 5.04. The molecular formula is C16H18N2. The number of pyridine rings is 1. The number of nitrogens with zero attached hydrogens (tertiary/aromatic N) is 1. The summed E-state index contributed by atoms with van der Waals surface area (Å²) in [5.74, 6) is 0. The van der Waals surface area contributed by atoms with Crippen LogP contribution in [0.4, 0.5) is 0 Å². The molecule has 92 valence electrons. The molecule has 3 rings (SSSR count). The Balaban J connectivity index is 1.85. The summed E-state index contributed by atoms with van der Waals surface area (Å²) in [6.45, 7) is 4.15. The first kappa shape index (κ1) is 11.4. The summed E-state index contributed by atoms with van der Waals surface area (Å²) < 4.78 is 0. The zero-order chi connectivity index (χ0) is 12.4. The number of nitrogens with one attached hydrogen (secondary N) is 1. The molecule has 1 N–H and O–H groups in total. The monoisotopic (exact) mass is 238 g/mol. The van der Waals surface area contributed by atoms with E-state index in [4.69, 9.17) is 0 Å². The van der Waals surface area contributed by atoms with Crippen LogP contribution in [0.3, 0.4) is 0 Å². The Kier molecular flexibility index (Phi) is 3.11. The molecule has 0 amide bonds. The normalized spacial score (nSPS) is 14.3. The van der Waals surface area contributed by atoms with Gasteiger partial charge in [-0.05, 0) is 30.0 Å². The molecule has 2 heteroatoms. The van der Waals surface area contributed by atoms with Crippen molar-refractivity contribution in [2.24, 2.45) is 0 Å². The van der Waals surface area contributed by atoms with Gasteiger partial charge in [-0.15, -0.1) is 0 Å². The van der Waals surface area contributed by atoms with Crippen LogP contribution in [0.15, 0.2) is 36.5 Å². The number of rotatable bonds is 2. The molecule has 0 unspecified atom stereocenters. The summed E-state index contributed by atoms with van der Waals surface area (Å²) in [6.07, 6.45) is 4.06. The summed E-state index contributed by atoms with van der Waals surface area (Å²) >= 11 is 0. The van der Waals surface area contributed by atoms with Crippen molar-refractivity contribution in [3.05, 3.63) is 64.5 Å². The summed E-state index contributed by atoms with van der Waals surface area (Å²) in [4.78, 5) is 4.60. The summed E-state index contributed by atoms with van der Waals surface area (Å²) in [5, 5.41) is 3.40. The predicted octanol–water partition coefficient (Wildman–Crippen LogP) is 2.63. The summed E-state index contributed by atoms with van der Waals surface area (Å²) in [5.41, 5.74) is 6.62. The van der Waals surface area contributed by atoms with Gasteiger partial charge in [0.05, 0.1) is 0 Å². The van der Waals surface area contributed by atoms with E-state index in [-0.39, 0.29) is 0 Å². The highest BCUT2D eigenvalue weighted by molar-refractivity contribution is 5.32. The second-order valence-corrected chi connectivity index (χ2v) is 5.04. The van der Waals surface area contributed by atoms with Crippen LogP contribution >= 0.6 is 0 Å². The van der Waals surface area contributed by atoms with Gasteiger partial charge >= 0.3 is 0 Å². The molecule has 18 heavy (non-hydrogen) atoms. The van der Waals surface area contributed by atoms with Crippen molar-refractivity contribution in [3.63, 3.8) is 0 Å². The highest BCUT2D eigenvalue weighted by atomic mass is 14.9. The zero-order valence-corrected chi connectivity index (χ0v) is 10.7. The summed E-state index contributed by atoms with van der Waals surface area (Å²) in [6, 6.07) is 11.0. The van der Waals surface area contributed by atoms with E-state index in [2.05, 4.69) is 47.6 Å². The lowest BCUT2D eigenvalue weighted by Gasteiger charge is -2.16. The molecule has 0 atom stereocenters. The van der Waals surface area contributed by atoms with Gasteiger partial charge < -0.3 is 5.32 Å². The minimum atomic E-state index is 0.962. The fraction of sp³-hybridized carbons (Fsp3) is 0.312. The van der Waals surface area contributed by atoms with Crippen LogP contribution in [-0.2, 0) is 19.4 Å². The van der Waals surface area contributed by atoms with Crippen molar-refractivity contribution < 1.29 is 0 Å². The number of fused-ring (bicyclic) bond motifs is 1. The van der Waals surface area contributed by atoms with Crippen molar-refractivity contribution in [3.8, 4) is 0 Å². The van der Waals surface area contributed by atoms with Crippen molar-refractivity contribution in [2.45, 2.75) is 26.3 Å². The van der Waals surface area contributed by atoms with E-state index < -0.39 is 0 Å². The minimum absolute atomic E-state index is 0.962. The van der Waals surface area contributed by atoms with Crippen molar-refractivity contribution in [2.75, 3.05) is 6.54 Å². The predicted molar refractivity (Wildman–Crippen MR) is 73.6 cm³/mol. The van der Waals surface area contributed by atoms with Crippen LogP contribution in [-0.4, -0.2) is 11.5 Å². The number of aromatic nitrogens is 1. The van der Waals surface area contributed by atoms with Gasteiger partial charge in [0.25, 0.3) is 0 Å². The molecule has 0 aliphatic carbocycles. The molecule has 1 aromatic heterocycles. The zero-order valence-electron chi connectivity index (χ0n) is 10.7. The average molecular weight is 238 g/mol. The molecule has 0 fully saturated rings. The largest absolute Gasteiger partial charge is 0.312 e. The Morgan fingerprint density at radius 2 is 2.17 bits per heavy atom. The molecule has 2 aromatic rings. The smallest absolute Gasteiger partial charge is 0.0461 e. The van der Waals surface area contributed by atoms with Crippen LogP contribution in [0, 0.1) is 6.92 Å². The standard InChI is InChI=1S/C16H18N2/c1-12-3-2-4-13(7-12)8-14-9-15-11-17-6-5-16(15)18-10-14/h2-4,7,9-10,17H,5-6,8,11H2,1H3. The molecule has 1 aliphatic heterocycles. The Hall–Kier alpha value is -1.67. The third-order valence-corrected chi connectivity index (χ3v) is 3.46. The first-order valence-corrected chi connectivity index (χ1v) is 6.54. The van der Waals surface area contributed by atoms with Crippen LogP contribution < -0.4 is 5.32 Å². The topological polar surface area (TPSA) is 24.9 Å². The van der Waals surface area contributed by atoms with E-state index in [0.29, 0.717) is 0 Å². The number of hydrogen-bond donors (Lipinski definition) is 1. The Bertz CT molecular complexity index is 561. The lowest BCUT2D eigenvalue weighted by Crippen LogP contribution is -2.24. The molecular weight excluding hydrogens is 220 g/mol. The lowest BCUT2D eigenvalue weighted by atomic mass is 10.0. The number of aryl methyl sites for hydroxylation is 1. The molecule has 0 radical (unpaired) electrons. The third-order valence-electron chi connectivity index (χ3n) is 3.46. The van der Waals surface area contributed by atoms with Crippen molar-refractivity contribution >= 4 is 0 Å². The number of hydrogen-bond acceptors (Lipinski definition) is 2. The fourth-order valence-electron chi connectivity index (χ4n) is 2.55. The Morgan fingerprint density at radius 3 is 3.06 bits per heavy atom. The summed E-state index contributed by atoms with van der Waals surface area (Å²) in [7, 11) is 0. The molecule has 2 heterocycles. The minimum Gasteiger partial charge on any atom is -0.312 e. The molecule has 1 aromatic carbocycles. The van der Waals surface area contributed by atoms with Crippen LogP contribution in [0.2, 0.25) is 0 Å². The van der Waals surface area contributed by atoms with Gasteiger partial charge in [0.1, 0.15) is 0 Å². The van der Waals surface area contributed by atoms with Gasteiger partial charge in [0.2, 0.25) is 0 Å². The quantitative estimate of drug-likeness (QED) is 0.870. The maximum absolute atomic E-state index is 4.60. The van der Waals surface area contributed by atoms with Crippen LogP contribution in [0.5, 0.6) is 0 Å². The SMILES string of the molecule is Cc1cccc(Cc2cnc3c(c2)CNCC3)c1.